The van der Waals surface area contributed by atoms with E-state index >= 15 is 0 Å². The number of phosphoric ester groups is 1. The summed E-state index contributed by atoms with van der Waals surface area (Å²) in [5.74, 6) is -2.38. The molecule has 0 aliphatic rings. The summed E-state index contributed by atoms with van der Waals surface area (Å²) >= 11 is 0. The molecule has 1 amide bonds. The van der Waals surface area contributed by atoms with E-state index in [1.165, 1.54) is 109 Å². The lowest BCUT2D eigenvalue weighted by Gasteiger charge is -2.18. The highest BCUT2D eigenvalue weighted by atomic mass is 31.2. The monoisotopic (exact) mass is 896 g/mol. The van der Waals surface area contributed by atoms with E-state index in [-0.39, 0.29) is 12.8 Å². The predicted octanol–water partition coefficient (Wildman–Crippen LogP) is 13.3. The SMILES string of the molecule is CC/C=C\C/C=C\C/C=C\CCCCCCCCCC(=O)OCC(O)COP(=O)(O)OCC(NC(=O)CCCCCCCCCCCCC/C=C/CCCCCCCC)C(=O)O. The average Bonchev–Trinajstić information content (AvgIpc) is 3.25. The number of allylic oxidation sites excluding steroid dienone is 8. The molecule has 3 atom stereocenters. The molecule has 0 radical (unpaired) electrons. The number of esters is 1. The van der Waals surface area contributed by atoms with E-state index in [1.54, 1.807) is 0 Å². The van der Waals surface area contributed by atoms with Gasteiger partial charge in [-0.15, -0.1) is 0 Å². The molecule has 0 aromatic carbocycles. The minimum Gasteiger partial charge on any atom is -0.480 e. The first kappa shape index (κ1) is 59.4. The highest BCUT2D eigenvalue weighted by Gasteiger charge is 2.28. The van der Waals surface area contributed by atoms with Crippen LogP contribution in [-0.2, 0) is 32.7 Å². The molecular weight excluding hydrogens is 806 g/mol. The average molecular weight is 896 g/mol. The van der Waals surface area contributed by atoms with Crippen LogP contribution in [0, 0.1) is 0 Å². The van der Waals surface area contributed by atoms with Gasteiger partial charge in [0.05, 0.1) is 13.2 Å². The van der Waals surface area contributed by atoms with Crippen LogP contribution in [0.1, 0.15) is 219 Å². The van der Waals surface area contributed by atoms with E-state index in [2.05, 4.69) is 67.8 Å². The standard InChI is InChI=1S/C50H90NO10P/c1-3-5-7-9-11-13-15-17-19-21-22-23-24-26-27-29-31-33-35-37-39-41-48(53)51-47(50(55)56)45-61-62(57,58)60-44-46(52)43-59-49(54)42-40-38-36-34-32-30-28-25-20-18-16-14-12-10-8-6-4-2/h6,8,12,14,17-20,46-47,52H,3-5,7,9-11,13,15-16,21-45H2,1-2H3,(H,51,53)(H,55,56)(H,57,58)/b8-6-,14-12-,19-17+,20-18-. The van der Waals surface area contributed by atoms with Crippen LogP contribution in [0.2, 0.25) is 0 Å². The van der Waals surface area contributed by atoms with Crippen LogP contribution in [0.25, 0.3) is 0 Å². The number of carbonyl (C=O) groups is 3. The maximum atomic E-state index is 12.4. The summed E-state index contributed by atoms with van der Waals surface area (Å²) in [5, 5.41) is 21.9. The smallest absolute Gasteiger partial charge is 0.472 e. The van der Waals surface area contributed by atoms with Crippen molar-refractivity contribution < 1.29 is 47.8 Å². The molecule has 62 heavy (non-hydrogen) atoms. The van der Waals surface area contributed by atoms with Gasteiger partial charge >= 0.3 is 19.8 Å². The number of phosphoric acid groups is 1. The van der Waals surface area contributed by atoms with E-state index < -0.39 is 57.6 Å². The molecule has 0 aromatic rings. The molecule has 0 heterocycles. The van der Waals surface area contributed by atoms with Crippen molar-refractivity contribution in [2.24, 2.45) is 0 Å². The minimum absolute atomic E-state index is 0.144. The number of aliphatic hydroxyl groups excluding tert-OH is 1. The van der Waals surface area contributed by atoms with Gasteiger partial charge in [0.2, 0.25) is 5.91 Å². The third-order valence-corrected chi connectivity index (χ3v) is 11.6. The van der Waals surface area contributed by atoms with Crippen molar-refractivity contribution in [1.29, 1.82) is 0 Å². The van der Waals surface area contributed by atoms with E-state index in [0.717, 1.165) is 70.6 Å². The van der Waals surface area contributed by atoms with Gasteiger partial charge in [-0.3, -0.25) is 18.6 Å². The second-order valence-electron chi connectivity index (χ2n) is 16.6. The lowest BCUT2D eigenvalue weighted by molar-refractivity contribution is -0.147. The highest BCUT2D eigenvalue weighted by molar-refractivity contribution is 7.47. The first-order valence-corrected chi connectivity index (χ1v) is 26.2. The molecule has 0 fully saturated rings. The van der Waals surface area contributed by atoms with E-state index in [4.69, 9.17) is 13.8 Å². The Kier molecular flexibility index (Phi) is 43.2. The van der Waals surface area contributed by atoms with Gasteiger partial charge < -0.3 is 25.2 Å². The summed E-state index contributed by atoms with van der Waals surface area (Å²) in [6, 6.07) is -1.55. The predicted molar refractivity (Wildman–Crippen MR) is 254 cm³/mol. The third kappa shape index (κ3) is 44.1. The van der Waals surface area contributed by atoms with E-state index in [9.17, 15) is 34.1 Å². The van der Waals surface area contributed by atoms with Crippen molar-refractivity contribution in [3.63, 3.8) is 0 Å². The first-order chi connectivity index (χ1) is 30.1. The molecule has 0 bridgehead atoms. The van der Waals surface area contributed by atoms with Gasteiger partial charge in [0.25, 0.3) is 0 Å². The molecule has 0 aliphatic carbocycles. The second-order valence-corrected chi connectivity index (χ2v) is 18.1. The van der Waals surface area contributed by atoms with Gasteiger partial charge in [-0.05, 0) is 70.6 Å². The Morgan fingerprint density at radius 3 is 1.42 bits per heavy atom. The number of unbranched alkanes of at least 4 members (excludes halogenated alkanes) is 24. The van der Waals surface area contributed by atoms with Gasteiger partial charge in [-0.25, -0.2) is 9.36 Å². The zero-order valence-electron chi connectivity index (χ0n) is 39.2. The van der Waals surface area contributed by atoms with Crippen molar-refractivity contribution in [1.82, 2.24) is 5.32 Å². The number of carbonyl (C=O) groups excluding carboxylic acids is 2. The Morgan fingerprint density at radius 1 is 0.532 bits per heavy atom. The van der Waals surface area contributed by atoms with E-state index in [1.807, 2.05) is 0 Å². The summed E-state index contributed by atoms with van der Waals surface area (Å²) in [5.41, 5.74) is 0. The number of aliphatic hydroxyl groups is 1. The lowest BCUT2D eigenvalue weighted by atomic mass is 10.0. The van der Waals surface area contributed by atoms with Gasteiger partial charge in [-0.1, -0.05) is 184 Å². The Hall–Kier alpha value is -2.56. The van der Waals surface area contributed by atoms with Crippen molar-refractivity contribution in [3.05, 3.63) is 48.6 Å². The molecule has 360 valence electrons. The van der Waals surface area contributed by atoms with Crippen LogP contribution >= 0.6 is 7.82 Å². The molecule has 0 saturated heterocycles. The lowest BCUT2D eigenvalue weighted by Crippen LogP contribution is -2.43. The Balaban J connectivity index is 3.85. The zero-order chi connectivity index (χ0) is 45.6. The fourth-order valence-electron chi connectivity index (χ4n) is 6.80. The van der Waals surface area contributed by atoms with E-state index in [0.29, 0.717) is 12.8 Å². The number of nitrogens with one attached hydrogen (secondary N) is 1. The van der Waals surface area contributed by atoms with Gasteiger partial charge in [0.15, 0.2) is 6.04 Å². The van der Waals surface area contributed by atoms with Crippen molar-refractivity contribution in [2.45, 2.75) is 231 Å². The normalized spacial score (nSPS) is 14.0. The van der Waals surface area contributed by atoms with Crippen molar-refractivity contribution in [3.8, 4) is 0 Å². The van der Waals surface area contributed by atoms with Gasteiger partial charge in [0, 0.05) is 12.8 Å². The molecule has 0 saturated carbocycles. The van der Waals surface area contributed by atoms with Crippen LogP contribution in [0.4, 0.5) is 0 Å². The number of aliphatic carboxylic acids is 1. The first-order valence-electron chi connectivity index (χ1n) is 24.7. The Morgan fingerprint density at radius 2 is 0.935 bits per heavy atom. The summed E-state index contributed by atoms with van der Waals surface area (Å²) in [7, 11) is -4.76. The molecule has 0 aliphatic heterocycles. The zero-order valence-corrected chi connectivity index (χ0v) is 40.1. The second kappa shape index (κ2) is 45.0. The highest BCUT2D eigenvalue weighted by Crippen LogP contribution is 2.43. The molecule has 3 unspecified atom stereocenters. The number of carboxylic acid groups (broad SMARTS) is 1. The maximum Gasteiger partial charge on any atom is 0.472 e. The molecule has 0 spiro atoms. The fourth-order valence-corrected chi connectivity index (χ4v) is 7.57. The van der Waals surface area contributed by atoms with Gasteiger partial charge in [0.1, 0.15) is 12.7 Å². The number of rotatable bonds is 46. The van der Waals surface area contributed by atoms with Crippen LogP contribution in [-0.4, -0.2) is 64.9 Å². The summed E-state index contributed by atoms with van der Waals surface area (Å²) in [6.07, 6.45) is 51.3. The maximum absolute atomic E-state index is 12.4. The third-order valence-electron chi connectivity index (χ3n) is 10.6. The number of hydrogen-bond acceptors (Lipinski definition) is 8. The van der Waals surface area contributed by atoms with Crippen LogP contribution < -0.4 is 5.32 Å². The molecule has 0 aromatic heterocycles. The number of carboxylic acids is 1. The van der Waals surface area contributed by atoms with Crippen molar-refractivity contribution >= 4 is 25.7 Å². The topological polar surface area (TPSA) is 169 Å². The molecule has 12 heteroatoms. The Bertz CT molecular complexity index is 1240. The van der Waals surface area contributed by atoms with Crippen LogP contribution in [0.5, 0.6) is 0 Å². The van der Waals surface area contributed by atoms with Crippen LogP contribution in [0.15, 0.2) is 48.6 Å². The number of hydrogen-bond donors (Lipinski definition) is 4. The summed E-state index contributed by atoms with van der Waals surface area (Å²) in [6.45, 7) is 2.49. The minimum atomic E-state index is -4.76. The molecular formula is C50H90NO10P. The number of ether oxygens (including phenoxy) is 1. The fraction of sp³-hybridized carbons (Fsp3) is 0.780. The molecule has 4 N–H and O–H groups in total. The largest absolute Gasteiger partial charge is 0.480 e. The number of amides is 1. The molecule has 11 nitrogen and oxygen atoms in total. The Labute approximate surface area is 377 Å². The summed E-state index contributed by atoms with van der Waals surface area (Å²) < 4.78 is 26.9. The summed E-state index contributed by atoms with van der Waals surface area (Å²) in [4.78, 5) is 46.1. The molecule has 0 rings (SSSR count). The van der Waals surface area contributed by atoms with Crippen LogP contribution in [0.3, 0.4) is 0 Å². The quantitative estimate of drug-likeness (QED) is 0.0200. The van der Waals surface area contributed by atoms with Crippen molar-refractivity contribution in [2.75, 3.05) is 19.8 Å². The van der Waals surface area contributed by atoms with Gasteiger partial charge in [-0.2, -0.15) is 0 Å².